The van der Waals surface area contributed by atoms with E-state index in [4.69, 9.17) is 0 Å². The number of thiophene rings is 1. The van der Waals surface area contributed by atoms with Crippen LogP contribution in [-0.4, -0.2) is 53.8 Å². The number of hydrogen-bond acceptors (Lipinski definition) is 4. The molecule has 1 atom stereocenters. The Morgan fingerprint density at radius 3 is 2.96 bits per heavy atom. The summed E-state index contributed by atoms with van der Waals surface area (Å²) in [4.78, 5) is 29.3. The van der Waals surface area contributed by atoms with E-state index >= 15 is 0 Å². The Kier molecular flexibility index (Phi) is 3.58. The summed E-state index contributed by atoms with van der Waals surface area (Å²) in [5.74, 6) is 0.00705. The number of nitrogens with one attached hydrogen (secondary N) is 1. The molecule has 0 spiro atoms. The maximum atomic E-state index is 12.1. The number of fused-ring (bicyclic) bond motifs is 2. The molecular weight excluding hydrogens is 310 g/mol. The SMILES string of the molecule is Cc1sc2ccccc2c1CN1CCN2C(=O)CNC(=O)C2C1. The number of nitrogens with zero attached hydrogens (tertiary/aromatic N) is 2. The van der Waals surface area contributed by atoms with Crippen LogP contribution in [0.1, 0.15) is 10.4 Å². The first-order chi connectivity index (χ1) is 11.1. The lowest BCUT2D eigenvalue weighted by molar-refractivity contribution is -0.149. The van der Waals surface area contributed by atoms with Crippen molar-refractivity contribution in [1.29, 1.82) is 0 Å². The number of rotatable bonds is 2. The lowest BCUT2D eigenvalue weighted by atomic mass is 10.1. The van der Waals surface area contributed by atoms with Gasteiger partial charge in [0.1, 0.15) is 6.04 Å². The largest absolute Gasteiger partial charge is 0.345 e. The van der Waals surface area contributed by atoms with Gasteiger partial charge in [-0.25, -0.2) is 0 Å². The molecule has 6 heteroatoms. The molecule has 2 aliphatic rings. The number of benzene rings is 1. The van der Waals surface area contributed by atoms with E-state index in [0.29, 0.717) is 13.1 Å². The van der Waals surface area contributed by atoms with E-state index in [-0.39, 0.29) is 24.4 Å². The summed E-state index contributed by atoms with van der Waals surface area (Å²) < 4.78 is 1.31. The molecule has 2 fully saturated rings. The third-order valence-electron chi connectivity index (χ3n) is 4.78. The molecule has 2 amide bonds. The highest BCUT2D eigenvalue weighted by molar-refractivity contribution is 7.19. The molecule has 0 saturated carbocycles. The second kappa shape index (κ2) is 5.62. The maximum absolute atomic E-state index is 12.1. The lowest BCUT2D eigenvalue weighted by Crippen LogP contribution is -2.65. The first kappa shape index (κ1) is 14.7. The van der Waals surface area contributed by atoms with Crippen molar-refractivity contribution in [2.24, 2.45) is 0 Å². The molecule has 1 aromatic heterocycles. The topological polar surface area (TPSA) is 52.6 Å². The Morgan fingerprint density at radius 2 is 2.09 bits per heavy atom. The molecule has 1 aromatic carbocycles. The highest BCUT2D eigenvalue weighted by Gasteiger charge is 2.38. The van der Waals surface area contributed by atoms with Crippen molar-refractivity contribution in [3.63, 3.8) is 0 Å². The second-order valence-electron chi connectivity index (χ2n) is 6.19. The Labute approximate surface area is 138 Å². The van der Waals surface area contributed by atoms with Crippen molar-refractivity contribution in [1.82, 2.24) is 15.1 Å². The third-order valence-corrected chi connectivity index (χ3v) is 5.91. The lowest BCUT2D eigenvalue weighted by Gasteiger charge is -2.43. The maximum Gasteiger partial charge on any atom is 0.244 e. The van der Waals surface area contributed by atoms with Crippen molar-refractivity contribution < 1.29 is 9.59 Å². The van der Waals surface area contributed by atoms with Gasteiger partial charge in [-0.3, -0.25) is 14.5 Å². The molecule has 1 N–H and O–H groups in total. The summed E-state index contributed by atoms with van der Waals surface area (Å²) in [5.41, 5.74) is 1.35. The normalized spacial score (nSPS) is 22.3. The van der Waals surface area contributed by atoms with Crippen LogP contribution in [0.3, 0.4) is 0 Å². The molecule has 2 aliphatic heterocycles. The van der Waals surface area contributed by atoms with Crippen LogP contribution in [0.25, 0.3) is 10.1 Å². The number of piperazine rings is 2. The monoisotopic (exact) mass is 329 g/mol. The number of amides is 2. The Morgan fingerprint density at radius 1 is 1.26 bits per heavy atom. The van der Waals surface area contributed by atoms with Gasteiger partial charge < -0.3 is 10.2 Å². The van der Waals surface area contributed by atoms with Crippen molar-refractivity contribution in [2.75, 3.05) is 26.2 Å². The predicted molar refractivity (Wildman–Crippen MR) is 90.3 cm³/mol. The minimum Gasteiger partial charge on any atom is -0.345 e. The molecule has 120 valence electrons. The summed E-state index contributed by atoms with van der Waals surface area (Å²) in [5, 5.41) is 4.00. The first-order valence-corrected chi connectivity index (χ1v) is 8.71. The van der Waals surface area contributed by atoms with Crippen LogP contribution < -0.4 is 5.32 Å². The fourth-order valence-electron chi connectivity index (χ4n) is 3.53. The van der Waals surface area contributed by atoms with Gasteiger partial charge in [-0.2, -0.15) is 0 Å². The van der Waals surface area contributed by atoms with Gasteiger partial charge in [0.25, 0.3) is 0 Å². The van der Waals surface area contributed by atoms with E-state index in [9.17, 15) is 9.59 Å². The van der Waals surface area contributed by atoms with E-state index in [1.54, 1.807) is 4.90 Å². The van der Waals surface area contributed by atoms with E-state index in [1.165, 1.54) is 20.5 Å². The van der Waals surface area contributed by atoms with Gasteiger partial charge >= 0.3 is 0 Å². The Bertz CT molecular complexity index is 785. The van der Waals surface area contributed by atoms with Gasteiger partial charge in [0, 0.05) is 35.8 Å². The third kappa shape index (κ3) is 2.52. The number of hydrogen-bond donors (Lipinski definition) is 1. The molecular formula is C17H19N3O2S. The van der Waals surface area contributed by atoms with Gasteiger partial charge in [-0.05, 0) is 23.9 Å². The molecule has 3 heterocycles. The van der Waals surface area contributed by atoms with Crippen LogP contribution in [-0.2, 0) is 16.1 Å². The minimum absolute atomic E-state index is 0.0267. The number of carbonyl (C=O) groups excluding carboxylic acids is 2. The number of aryl methyl sites for hydroxylation is 1. The zero-order valence-corrected chi connectivity index (χ0v) is 13.9. The van der Waals surface area contributed by atoms with E-state index in [1.807, 2.05) is 11.3 Å². The molecule has 1 unspecified atom stereocenters. The van der Waals surface area contributed by atoms with Gasteiger partial charge in [-0.15, -0.1) is 11.3 Å². The van der Waals surface area contributed by atoms with Gasteiger partial charge in [-0.1, -0.05) is 18.2 Å². The summed E-state index contributed by atoms with van der Waals surface area (Å²) in [7, 11) is 0. The van der Waals surface area contributed by atoms with Crippen molar-refractivity contribution in [2.45, 2.75) is 19.5 Å². The van der Waals surface area contributed by atoms with Gasteiger partial charge in [0.2, 0.25) is 11.8 Å². The quantitative estimate of drug-likeness (QED) is 0.905. The summed E-state index contributed by atoms with van der Waals surface area (Å²) in [6.07, 6.45) is 0. The predicted octanol–water partition coefficient (Wildman–Crippen LogP) is 1.35. The van der Waals surface area contributed by atoms with Crippen LogP contribution in [0.4, 0.5) is 0 Å². The molecule has 0 bridgehead atoms. The zero-order valence-electron chi connectivity index (χ0n) is 13.0. The average molecular weight is 329 g/mol. The zero-order chi connectivity index (χ0) is 16.0. The van der Waals surface area contributed by atoms with E-state index in [0.717, 1.165) is 13.1 Å². The summed E-state index contributed by atoms with van der Waals surface area (Å²) in [6, 6.07) is 8.13. The van der Waals surface area contributed by atoms with E-state index in [2.05, 4.69) is 41.4 Å². The van der Waals surface area contributed by atoms with Crippen LogP contribution in [0.15, 0.2) is 24.3 Å². The molecule has 2 aromatic rings. The Balaban J connectivity index is 1.56. The summed E-state index contributed by atoms with van der Waals surface area (Å²) in [6.45, 7) is 5.21. The minimum atomic E-state index is -0.338. The first-order valence-electron chi connectivity index (χ1n) is 7.90. The van der Waals surface area contributed by atoms with Gasteiger partial charge in [0.15, 0.2) is 0 Å². The average Bonchev–Trinajstić information content (AvgIpc) is 2.87. The highest BCUT2D eigenvalue weighted by Crippen LogP contribution is 2.32. The standard InChI is InChI=1S/C17H19N3O2S/c1-11-13(12-4-2-3-5-15(12)23-11)9-19-6-7-20-14(10-19)17(22)18-8-16(20)21/h2-5,14H,6-10H2,1H3,(H,18,22). The highest BCUT2D eigenvalue weighted by atomic mass is 32.1. The van der Waals surface area contributed by atoms with Gasteiger partial charge in [0.05, 0.1) is 6.54 Å². The molecule has 23 heavy (non-hydrogen) atoms. The van der Waals surface area contributed by atoms with E-state index < -0.39 is 0 Å². The molecule has 5 nitrogen and oxygen atoms in total. The Hall–Kier alpha value is -1.92. The molecule has 4 rings (SSSR count). The fourth-order valence-corrected chi connectivity index (χ4v) is 4.60. The molecule has 0 radical (unpaired) electrons. The fraction of sp³-hybridized carbons (Fsp3) is 0.412. The van der Waals surface area contributed by atoms with Crippen LogP contribution >= 0.6 is 11.3 Å². The molecule has 2 saturated heterocycles. The smallest absolute Gasteiger partial charge is 0.244 e. The summed E-state index contributed by atoms with van der Waals surface area (Å²) >= 11 is 1.82. The van der Waals surface area contributed by atoms with Crippen LogP contribution in [0, 0.1) is 6.92 Å². The van der Waals surface area contributed by atoms with Crippen LogP contribution in [0.2, 0.25) is 0 Å². The number of carbonyl (C=O) groups is 2. The molecule has 0 aliphatic carbocycles. The van der Waals surface area contributed by atoms with Crippen molar-refractivity contribution in [3.05, 3.63) is 34.7 Å². The van der Waals surface area contributed by atoms with Crippen molar-refractivity contribution >= 4 is 33.2 Å². The van der Waals surface area contributed by atoms with Crippen LogP contribution in [0.5, 0.6) is 0 Å². The van der Waals surface area contributed by atoms with Crippen molar-refractivity contribution in [3.8, 4) is 0 Å². The second-order valence-corrected chi connectivity index (χ2v) is 7.45.